The smallest absolute Gasteiger partial charge is 0.264 e. The molecule has 2 aromatic rings. The number of nitrogens with one attached hydrogen (secondary N) is 1. The molecule has 2 rings (SSSR count). The van der Waals surface area contributed by atoms with Crippen LogP contribution in [0.4, 0.5) is 10.1 Å². The molecule has 9 heteroatoms. The van der Waals surface area contributed by atoms with E-state index in [-0.39, 0.29) is 16.6 Å². The maximum atomic E-state index is 13.7. The number of sulfonamides is 2. The van der Waals surface area contributed by atoms with Crippen molar-refractivity contribution in [2.45, 2.75) is 29.7 Å². The molecule has 0 fully saturated rings. The van der Waals surface area contributed by atoms with Crippen molar-refractivity contribution in [2.24, 2.45) is 0 Å². The Morgan fingerprint density at radius 1 is 0.960 bits per heavy atom. The average molecular weight is 386 g/mol. The van der Waals surface area contributed by atoms with Gasteiger partial charge in [0.15, 0.2) is 0 Å². The SMILES string of the molecule is CC(C)N(C)S(=O)(=O)c1ccc(NS(=O)(=O)c2ccccc2F)cc1. The van der Waals surface area contributed by atoms with Crippen LogP contribution in [-0.2, 0) is 20.0 Å². The zero-order chi connectivity index (χ0) is 18.8. The first kappa shape index (κ1) is 19.4. The Morgan fingerprint density at radius 2 is 1.52 bits per heavy atom. The third-order valence-corrected chi connectivity index (χ3v) is 7.10. The van der Waals surface area contributed by atoms with Gasteiger partial charge in [-0.2, -0.15) is 4.31 Å². The minimum Gasteiger partial charge on any atom is -0.280 e. The number of hydrogen-bond donors (Lipinski definition) is 1. The lowest BCUT2D eigenvalue weighted by Gasteiger charge is -2.21. The number of halogens is 1. The molecule has 0 atom stereocenters. The highest BCUT2D eigenvalue weighted by atomic mass is 32.2. The van der Waals surface area contributed by atoms with Crippen molar-refractivity contribution in [2.75, 3.05) is 11.8 Å². The Kier molecular flexibility index (Phi) is 5.50. The number of benzene rings is 2. The number of nitrogens with zero attached hydrogens (tertiary/aromatic N) is 1. The minimum atomic E-state index is -4.11. The van der Waals surface area contributed by atoms with Crippen LogP contribution < -0.4 is 4.72 Å². The van der Waals surface area contributed by atoms with Gasteiger partial charge in [0.1, 0.15) is 10.7 Å². The van der Waals surface area contributed by atoms with Gasteiger partial charge >= 0.3 is 0 Å². The van der Waals surface area contributed by atoms with Gasteiger partial charge in [-0.3, -0.25) is 4.72 Å². The van der Waals surface area contributed by atoms with E-state index >= 15 is 0 Å². The summed E-state index contributed by atoms with van der Waals surface area (Å²) in [6.07, 6.45) is 0. The maximum absolute atomic E-state index is 13.7. The van der Waals surface area contributed by atoms with E-state index in [1.54, 1.807) is 13.8 Å². The first-order valence-electron chi connectivity index (χ1n) is 7.41. The molecule has 136 valence electrons. The van der Waals surface area contributed by atoms with Gasteiger partial charge in [-0.25, -0.2) is 21.2 Å². The molecule has 0 aliphatic heterocycles. The summed E-state index contributed by atoms with van der Waals surface area (Å²) in [6, 6.07) is 10.0. The average Bonchev–Trinajstić information content (AvgIpc) is 2.54. The summed E-state index contributed by atoms with van der Waals surface area (Å²) in [7, 11) is -6.30. The van der Waals surface area contributed by atoms with Gasteiger partial charge in [-0.05, 0) is 50.2 Å². The molecule has 0 bridgehead atoms. The zero-order valence-electron chi connectivity index (χ0n) is 14.0. The highest BCUT2D eigenvalue weighted by Crippen LogP contribution is 2.22. The first-order valence-corrected chi connectivity index (χ1v) is 10.3. The van der Waals surface area contributed by atoms with Crippen LogP contribution in [0.1, 0.15) is 13.8 Å². The highest BCUT2D eigenvalue weighted by Gasteiger charge is 2.23. The molecule has 0 aliphatic rings. The number of rotatable bonds is 6. The van der Waals surface area contributed by atoms with Crippen molar-refractivity contribution in [3.8, 4) is 0 Å². The fourth-order valence-corrected chi connectivity index (χ4v) is 4.52. The van der Waals surface area contributed by atoms with Crippen LogP contribution in [-0.4, -0.2) is 34.2 Å². The van der Waals surface area contributed by atoms with Crippen LogP contribution >= 0.6 is 0 Å². The second-order valence-corrected chi connectivity index (χ2v) is 9.32. The normalized spacial score (nSPS) is 12.6. The molecule has 1 N–H and O–H groups in total. The molecule has 25 heavy (non-hydrogen) atoms. The van der Waals surface area contributed by atoms with E-state index < -0.39 is 30.8 Å². The molecule has 0 aliphatic carbocycles. The summed E-state index contributed by atoms with van der Waals surface area (Å²) in [4.78, 5) is -0.441. The fourth-order valence-electron chi connectivity index (χ4n) is 2.01. The summed E-state index contributed by atoms with van der Waals surface area (Å²) in [5.74, 6) is -0.868. The molecular formula is C16H19FN2O4S2. The van der Waals surface area contributed by atoms with Crippen molar-refractivity contribution in [1.82, 2.24) is 4.31 Å². The van der Waals surface area contributed by atoms with Gasteiger partial charge < -0.3 is 0 Å². The topological polar surface area (TPSA) is 83.6 Å². The lowest BCUT2D eigenvalue weighted by Crippen LogP contribution is -2.33. The molecule has 0 saturated heterocycles. The van der Waals surface area contributed by atoms with Crippen molar-refractivity contribution < 1.29 is 21.2 Å². The van der Waals surface area contributed by atoms with Crippen molar-refractivity contribution >= 4 is 25.7 Å². The van der Waals surface area contributed by atoms with Crippen molar-refractivity contribution in [3.63, 3.8) is 0 Å². The molecular weight excluding hydrogens is 367 g/mol. The standard InChI is InChI=1S/C16H19FN2O4S2/c1-12(2)19(3)25(22,23)14-10-8-13(9-11-14)18-24(20,21)16-7-5-4-6-15(16)17/h4-12,18H,1-3H3. The predicted molar refractivity (Wildman–Crippen MR) is 93.7 cm³/mol. The van der Waals surface area contributed by atoms with Crippen LogP contribution in [0.5, 0.6) is 0 Å². The van der Waals surface area contributed by atoms with E-state index in [0.29, 0.717) is 0 Å². The Balaban J connectivity index is 2.28. The Hall–Kier alpha value is -1.97. The molecule has 0 aromatic heterocycles. The van der Waals surface area contributed by atoms with E-state index in [1.165, 1.54) is 47.8 Å². The third-order valence-electron chi connectivity index (χ3n) is 3.64. The molecule has 6 nitrogen and oxygen atoms in total. The lowest BCUT2D eigenvalue weighted by atomic mass is 10.3. The van der Waals surface area contributed by atoms with Crippen LogP contribution in [0.2, 0.25) is 0 Å². The van der Waals surface area contributed by atoms with Gasteiger partial charge in [0, 0.05) is 18.8 Å². The summed E-state index contributed by atoms with van der Waals surface area (Å²) in [6.45, 7) is 3.49. The van der Waals surface area contributed by atoms with Gasteiger partial charge in [-0.1, -0.05) is 12.1 Å². The van der Waals surface area contributed by atoms with E-state index in [1.807, 2.05) is 0 Å². The van der Waals surface area contributed by atoms with E-state index in [2.05, 4.69) is 4.72 Å². The maximum Gasteiger partial charge on any atom is 0.264 e. The van der Waals surface area contributed by atoms with Gasteiger partial charge in [-0.15, -0.1) is 0 Å². The second-order valence-electron chi connectivity index (χ2n) is 5.68. The van der Waals surface area contributed by atoms with Crippen LogP contribution in [0.15, 0.2) is 58.3 Å². The molecule has 0 saturated carbocycles. The van der Waals surface area contributed by atoms with Gasteiger partial charge in [0.2, 0.25) is 10.0 Å². The van der Waals surface area contributed by atoms with E-state index in [4.69, 9.17) is 0 Å². The Bertz CT molecular complexity index is 956. The molecule has 0 spiro atoms. The summed E-state index contributed by atoms with van der Waals surface area (Å²) in [5, 5.41) is 0. The monoisotopic (exact) mass is 386 g/mol. The quantitative estimate of drug-likeness (QED) is 0.827. The molecule has 0 radical (unpaired) electrons. The van der Waals surface area contributed by atoms with E-state index in [9.17, 15) is 21.2 Å². The first-order chi connectivity index (χ1) is 11.6. The lowest BCUT2D eigenvalue weighted by molar-refractivity contribution is 0.410. The van der Waals surface area contributed by atoms with Crippen LogP contribution in [0, 0.1) is 5.82 Å². The molecule has 0 unspecified atom stereocenters. The summed E-state index contributed by atoms with van der Waals surface area (Å²) in [5.41, 5.74) is 0.134. The van der Waals surface area contributed by atoms with Gasteiger partial charge in [0.25, 0.3) is 10.0 Å². The van der Waals surface area contributed by atoms with Crippen LogP contribution in [0.25, 0.3) is 0 Å². The van der Waals surface area contributed by atoms with Crippen LogP contribution in [0.3, 0.4) is 0 Å². The Labute approximate surface area is 147 Å². The molecule has 0 amide bonds. The summed E-state index contributed by atoms with van der Waals surface area (Å²) < 4.78 is 66.3. The molecule has 2 aromatic carbocycles. The number of hydrogen-bond acceptors (Lipinski definition) is 4. The van der Waals surface area contributed by atoms with Crippen molar-refractivity contribution in [1.29, 1.82) is 0 Å². The summed E-state index contributed by atoms with van der Waals surface area (Å²) >= 11 is 0. The zero-order valence-corrected chi connectivity index (χ0v) is 15.6. The minimum absolute atomic E-state index is 0.0394. The third kappa shape index (κ3) is 4.17. The Morgan fingerprint density at radius 3 is 2.04 bits per heavy atom. The predicted octanol–water partition coefficient (Wildman–Crippen LogP) is 2.66. The number of anilines is 1. The fraction of sp³-hybridized carbons (Fsp3) is 0.250. The highest BCUT2D eigenvalue weighted by molar-refractivity contribution is 7.92. The van der Waals surface area contributed by atoms with Crippen molar-refractivity contribution in [3.05, 3.63) is 54.3 Å². The largest absolute Gasteiger partial charge is 0.280 e. The second kappa shape index (κ2) is 7.11. The van der Waals surface area contributed by atoms with E-state index in [0.717, 1.165) is 12.1 Å². The van der Waals surface area contributed by atoms with Gasteiger partial charge in [0.05, 0.1) is 4.90 Å². The molecule has 0 heterocycles.